The third-order valence-electron chi connectivity index (χ3n) is 30.7. The molecule has 0 amide bonds. The Morgan fingerprint density at radius 3 is 0.700 bits per heavy atom. The van der Waals surface area contributed by atoms with Crippen molar-refractivity contribution >= 4 is 165 Å². The smallest absolute Gasteiger partial charge is 0.159 e. The van der Waals surface area contributed by atoms with Crippen LogP contribution in [-0.4, -0.2) is 32.3 Å². The molecule has 4 aromatic heterocycles. The van der Waals surface area contributed by atoms with Gasteiger partial charge in [-0.3, -0.25) is 0 Å². The molecule has 0 saturated heterocycles. The Balaban J connectivity index is 0.000000156. The lowest BCUT2D eigenvalue weighted by molar-refractivity contribution is 0.592. The topological polar surface area (TPSA) is 65.5 Å². The van der Waals surface area contributed by atoms with Crippen LogP contribution < -0.4 is 40.3 Å². The zero-order valence-electron chi connectivity index (χ0n) is 84.1. The van der Waals surface area contributed by atoms with Gasteiger partial charge in [-0.2, -0.15) is 0 Å². The Morgan fingerprint density at radius 1 is 0.193 bits per heavy atom. The molecule has 0 aliphatic heterocycles. The Bertz CT molecular complexity index is 7850. The van der Waals surface area contributed by atoms with Crippen LogP contribution in [0.15, 0.2) is 382 Å². The number of hydrogen-bond donors (Lipinski definition) is 0. The molecule has 0 atom stereocenters. The van der Waals surface area contributed by atoms with Gasteiger partial charge in [-0.1, -0.05) is 361 Å². The van der Waals surface area contributed by atoms with E-state index in [1.165, 1.54) is 98.6 Å². The number of para-hydroxylation sites is 6. The highest BCUT2D eigenvalue weighted by molar-refractivity contribution is 6.90. The van der Waals surface area contributed by atoms with E-state index in [4.69, 9.17) is 17.7 Å². The lowest BCUT2D eigenvalue weighted by Gasteiger charge is -2.31. The van der Waals surface area contributed by atoms with Crippen LogP contribution in [0.3, 0.4) is 0 Å². The standard InChI is InChI=1S/C64H58N2O3Si2.C64H62N2OSi2/c1-63(2)51-37-41(65(39-25-31-43(32-26-39)70(5,6)7)53-21-15-19-47-45-17-11-13-23-55(45)67-59(47)53)29-35-49(51)61-57(63)58-62(69-61)50-36-30-42(38-52(50)64(58,3)4)66(40-27-33-44(34-28-40)71(8,9)10)54-22-16-20-48-46-18-12-14-24-56(46)68-60(48)54;1-63(2)55-41-47(65(45-29-35-49(36-30-45)68(5,6)7)57-27-19-17-25-51(57)43-21-13-11-14-22-43)33-39-53(55)61-59(63)60-62(67-61)54-40-34-48(42-56(54)64(60,3)4)66(46-31-37-50(38-32-46)69(8,9)10)58-28-20-18-26-52(58)44-23-15-12-16-24-44/h11-38H,1-10H3;11-42H,1-10H3. The molecule has 12 heteroatoms. The van der Waals surface area contributed by atoms with Gasteiger partial charge in [0.2, 0.25) is 0 Å². The summed E-state index contributed by atoms with van der Waals surface area (Å²) in [6.45, 7) is 48.1. The monoisotopic (exact) mass is 1890 g/mol. The molecule has 4 aliphatic rings. The normalized spacial score (nSPS) is 14.4. The van der Waals surface area contributed by atoms with E-state index in [1.54, 1.807) is 0 Å². The zero-order chi connectivity index (χ0) is 97.0. The fraction of sp³-hybridized carbons (Fsp3) is 0.188. The van der Waals surface area contributed by atoms with Gasteiger partial charge in [-0.15, -0.1) is 0 Å². The first-order valence-corrected chi connectivity index (χ1v) is 63.7. The maximum atomic E-state index is 7.26. The number of rotatable bonds is 18. The van der Waals surface area contributed by atoms with Crippen molar-refractivity contribution in [2.75, 3.05) is 19.6 Å². The van der Waals surface area contributed by atoms with Crippen molar-refractivity contribution in [1.82, 2.24) is 0 Å². The zero-order valence-corrected chi connectivity index (χ0v) is 88.1. The Morgan fingerprint density at radius 2 is 0.421 bits per heavy atom. The highest BCUT2D eigenvalue weighted by atomic mass is 28.3. The summed E-state index contributed by atoms with van der Waals surface area (Å²) in [6, 6.07) is 134. The first-order valence-electron chi connectivity index (χ1n) is 49.7. The average molecular weight is 1890 g/mol. The van der Waals surface area contributed by atoms with Crippen molar-refractivity contribution in [3.05, 3.63) is 408 Å². The summed E-state index contributed by atoms with van der Waals surface area (Å²) in [7, 11) is -6.10. The second kappa shape index (κ2) is 32.7. The summed E-state index contributed by atoms with van der Waals surface area (Å²) in [5.41, 5.74) is 35.1. The van der Waals surface area contributed by atoms with Crippen molar-refractivity contribution in [2.24, 2.45) is 0 Å². The number of benzene rings is 16. The van der Waals surface area contributed by atoms with Gasteiger partial charge in [0.15, 0.2) is 11.2 Å². The minimum atomic E-state index is -1.54. The minimum Gasteiger partial charge on any atom is -0.455 e. The predicted molar refractivity (Wildman–Crippen MR) is 604 cm³/mol. The van der Waals surface area contributed by atoms with Crippen LogP contribution in [0.1, 0.15) is 99.9 Å². The Kier molecular flexibility index (Phi) is 20.9. The van der Waals surface area contributed by atoms with Crippen molar-refractivity contribution in [3.8, 4) is 67.5 Å². The molecule has 4 heterocycles. The molecule has 0 saturated carbocycles. The van der Waals surface area contributed by atoms with Crippen LogP contribution in [0.25, 0.3) is 111 Å². The summed E-state index contributed by atoms with van der Waals surface area (Å²) in [4.78, 5) is 9.69. The van der Waals surface area contributed by atoms with Crippen molar-refractivity contribution in [2.45, 2.75) is 156 Å². The van der Waals surface area contributed by atoms with Crippen LogP contribution in [0.2, 0.25) is 78.6 Å². The predicted octanol–water partition coefficient (Wildman–Crippen LogP) is 35.0. The fourth-order valence-corrected chi connectivity index (χ4v) is 27.8. The molecule has 0 radical (unpaired) electrons. The van der Waals surface area contributed by atoms with Gasteiger partial charge < -0.3 is 37.3 Å². The molecule has 4 aliphatic carbocycles. The van der Waals surface area contributed by atoms with E-state index in [9.17, 15) is 0 Å². The molecule has 0 bridgehead atoms. The van der Waals surface area contributed by atoms with Crippen molar-refractivity contribution in [1.29, 1.82) is 0 Å². The second-order valence-corrected chi connectivity index (χ2v) is 65.5. The highest BCUT2D eigenvalue weighted by Gasteiger charge is 2.53. The van der Waals surface area contributed by atoms with E-state index in [1.807, 2.05) is 12.1 Å². The van der Waals surface area contributed by atoms with E-state index < -0.39 is 32.3 Å². The number of fused-ring (bicyclic) bond motifs is 20. The minimum absolute atomic E-state index is 0.328. The SMILES string of the molecule is CC1(C)c2cc(N(c3ccc([Si](C)(C)C)cc3)c3cccc4c3oc3ccccc34)ccc2-c2oc3c(c21)C(C)(C)c1cc(N(c2ccc([Si](C)(C)C)cc2)c2cccc4c2oc2ccccc24)ccc1-3.CC1(C)c2cc(N(c3ccc([Si](C)(C)C)cc3)c3ccccc3-c3ccccc3)ccc2-c2oc3c(c21)C(C)(C)c1cc(N(c2ccc([Si](C)(C)C)cc2)c2ccccc2-c2ccccc2)ccc1-3. The molecule has 0 spiro atoms. The maximum Gasteiger partial charge on any atom is 0.159 e. The second-order valence-electron chi connectivity index (χ2n) is 45.2. The van der Waals surface area contributed by atoms with Gasteiger partial charge in [0, 0.05) is 144 Å². The average Bonchev–Trinajstić information content (AvgIpc) is 1.51. The lowest BCUT2D eigenvalue weighted by atomic mass is 9.74. The molecule has 0 N–H and O–H groups in total. The molecule has 20 aromatic rings. The highest BCUT2D eigenvalue weighted by Crippen LogP contribution is 2.66. The van der Waals surface area contributed by atoms with Gasteiger partial charge in [-0.25, -0.2) is 0 Å². The van der Waals surface area contributed by atoms with Crippen LogP contribution in [0.4, 0.5) is 68.2 Å². The van der Waals surface area contributed by atoms with Crippen LogP contribution in [0.5, 0.6) is 0 Å². The van der Waals surface area contributed by atoms with Crippen LogP contribution >= 0.6 is 0 Å². The summed E-state index contributed by atoms with van der Waals surface area (Å²) >= 11 is 0. The van der Waals surface area contributed by atoms with E-state index in [2.05, 4.69) is 505 Å². The Hall–Kier alpha value is -14.3. The molecule has 16 aromatic carbocycles. The van der Waals surface area contributed by atoms with E-state index in [0.29, 0.717) is 0 Å². The quantitative estimate of drug-likeness (QED) is 0.0788. The molecular weight excluding hydrogens is 1770 g/mol. The van der Waals surface area contributed by atoms with Gasteiger partial charge >= 0.3 is 0 Å². The van der Waals surface area contributed by atoms with Gasteiger partial charge in [0.05, 0.1) is 55.0 Å². The maximum absolute atomic E-state index is 7.26. The van der Waals surface area contributed by atoms with Crippen LogP contribution in [-0.2, 0) is 21.7 Å². The third kappa shape index (κ3) is 14.6. The van der Waals surface area contributed by atoms with E-state index in [0.717, 1.165) is 146 Å². The molecular formula is C128H120N4O4Si4. The number of hydrogen-bond acceptors (Lipinski definition) is 8. The van der Waals surface area contributed by atoms with Gasteiger partial charge in [0.1, 0.15) is 34.2 Å². The van der Waals surface area contributed by atoms with Crippen LogP contribution in [0, 0.1) is 0 Å². The summed E-state index contributed by atoms with van der Waals surface area (Å²) in [5.74, 6) is 3.97. The molecule has 0 fully saturated rings. The molecule has 24 rings (SSSR count). The molecule has 140 heavy (non-hydrogen) atoms. The fourth-order valence-electron chi connectivity index (χ4n) is 23.1. The molecule has 692 valence electrons. The Labute approximate surface area is 827 Å². The summed E-state index contributed by atoms with van der Waals surface area (Å²) in [6.07, 6.45) is 0. The number of nitrogens with zero attached hydrogens (tertiary/aromatic N) is 4. The van der Waals surface area contributed by atoms with Gasteiger partial charge in [-0.05, 0) is 191 Å². The first kappa shape index (κ1) is 89.6. The van der Waals surface area contributed by atoms with Crippen molar-refractivity contribution < 1.29 is 17.7 Å². The largest absolute Gasteiger partial charge is 0.455 e. The summed E-state index contributed by atoms with van der Waals surface area (Å²) in [5, 5.41) is 10.2. The third-order valence-corrected chi connectivity index (χ3v) is 39.0. The number of anilines is 12. The summed E-state index contributed by atoms with van der Waals surface area (Å²) < 4.78 is 28.0. The molecule has 8 nitrogen and oxygen atoms in total. The first-order chi connectivity index (χ1) is 67.0. The van der Waals surface area contributed by atoms with Crippen molar-refractivity contribution in [3.63, 3.8) is 0 Å². The van der Waals surface area contributed by atoms with E-state index in [-0.39, 0.29) is 21.7 Å². The molecule has 0 unspecified atom stereocenters. The van der Waals surface area contributed by atoms with Gasteiger partial charge in [0.25, 0.3) is 0 Å². The lowest BCUT2D eigenvalue weighted by Crippen LogP contribution is -2.37. The van der Waals surface area contributed by atoms with E-state index >= 15 is 0 Å². The number of furan rings is 4.